The van der Waals surface area contributed by atoms with Gasteiger partial charge in [0.05, 0.1) is 32.0 Å². The van der Waals surface area contributed by atoms with Gasteiger partial charge >= 0.3 is 6.09 Å². The molecule has 2 N–H and O–H groups in total. The van der Waals surface area contributed by atoms with Crippen LogP contribution >= 0.6 is 0 Å². The summed E-state index contributed by atoms with van der Waals surface area (Å²) in [5.41, 5.74) is 2.62. The maximum Gasteiger partial charge on any atom is 0.409 e. The number of ketones is 1. The molecular weight excluding hydrogens is 638 g/mol. The van der Waals surface area contributed by atoms with Crippen LogP contribution in [0.15, 0.2) is 54.1 Å². The summed E-state index contributed by atoms with van der Waals surface area (Å²) >= 11 is 0. The highest BCUT2D eigenvalue weighted by Gasteiger charge is 2.59. The summed E-state index contributed by atoms with van der Waals surface area (Å²) in [4.78, 5) is 30.2. The fourth-order valence-electron chi connectivity index (χ4n) is 11.7. The van der Waals surface area contributed by atoms with Crippen LogP contribution in [0.2, 0.25) is 0 Å². The molecule has 5 saturated carbocycles. The van der Waals surface area contributed by atoms with Crippen LogP contribution in [0.5, 0.6) is 5.75 Å². The average molecular weight is 698 g/mol. The summed E-state index contributed by atoms with van der Waals surface area (Å²) < 4.78 is 11.1. The topological polar surface area (TPSA) is 96.3 Å². The second-order valence-corrected chi connectivity index (χ2v) is 17.5. The number of aliphatic hydroxyl groups is 2. The van der Waals surface area contributed by atoms with E-state index in [-0.39, 0.29) is 29.8 Å². The Balaban J connectivity index is 1.27. The molecule has 2 aromatic carbocycles. The van der Waals surface area contributed by atoms with Crippen molar-refractivity contribution in [2.45, 2.75) is 122 Å². The molecule has 0 aliphatic heterocycles. The summed E-state index contributed by atoms with van der Waals surface area (Å²) in [7, 11) is 1.61. The monoisotopic (exact) mass is 697 g/mol. The zero-order valence-electron chi connectivity index (χ0n) is 31.3. The molecule has 4 atom stereocenters. The lowest BCUT2D eigenvalue weighted by Gasteiger charge is -2.58. The second kappa shape index (κ2) is 14.3. The van der Waals surface area contributed by atoms with Crippen LogP contribution in [0, 0.1) is 28.6 Å². The Morgan fingerprint density at radius 3 is 2.27 bits per heavy atom. The third-order valence-electron chi connectivity index (χ3n) is 13.9. The van der Waals surface area contributed by atoms with Gasteiger partial charge in [0.2, 0.25) is 0 Å². The number of rotatable bonds is 8. The Morgan fingerprint density at radius 1 is 0.941 bits per heavy atom. The van der Waals surface area contributed by atoms with E-state index in [2.05, 4.69) is 32.1 Å². The molecule has 51 heavy (non-hydrogen) atoms. The standard InChI is InChI=1S/C44H59NO6/c1-5-51-41(48)45(27-43-24-31-19-32(25-43)21-33(20-31)26-43)28-44(49)18-16-39-37-15-9-30(22-35(46)12-8-29(2)7-6-17-42(39,44)3)23-38(37)40(47)34-10-13-36(50-4)14-11-34/h7,9-11,13-15,23,31-33,35,39,46,49H,5-6,8,12,16-22,24-28H2,1-4H3/t31?,32?,33?,35-,39-,42-,43?,44+/m0/s1. The minimum absolute atomic E-state index is 0.0698. The van der Waals surface area contributed by atoms with Crippen molar-refractivity contribution >= 4 is 11.9 Å². The van der Waals surface area contributed by atoms with Gasteiger partial charge in [0.25, 0.3) is 0 Å². The zero-order chi connectivity index (χ0) is 36.0. The number of carbonyl (C=O) groups excluding carboxylic acids is 2. The van der Waals surface area contributed by atoms with Gasteiger partial charge in [-0.15, -0.1) is 0 Å². The number of amides is 1. The number of nitrogens with zero attached hydrogens (tertiary/aromatic N) is 1. The Labute approximate surface area is 304 Å². The molecule has 6 bridgehead atoms. The molecule has 7 heteroatoms. The van der Waals surface area contributed by atoms with E-state index >= 15 is 0 Å². The van der Waals surface area contributed by atoms with Crippen molar-refractivity contribution in [1.82, 2.24) is 4.90 Å². The molecule has 5 fully saturated rings. The van der Waals surface area contributed by atoms with Crippen molar-refractivity contribution in [2.75, 3.05) is 26.8 Å². The van der Waals surface area contributed by atoms with E-state index in [0.717, 1.165) is 41.7 Å². The fourth-order valence-corrected chi connectivity index (χ4v) is 11.7. The summed E-state index contributed by atoms with van der Waals surface area (Å²) in [5.74, 6) is 2.79. The molecule has 7 nitrogen and oxygen atoms in total. The fraction of sp³-hybridized carbons (Fsp3) is 0.636. The molecule has 7 aliphatic carbocycles. The van der Waals surface area contributed by atoms with Gasteiger partial charge in [-0.3, -0.25) is 4.79 Å². The predicted octanol–water partition coefficient (Wildman–Crippen LogP) is 8.64. The lowest BCUT2D eigenvalue weighted by Crippen LogP contribution is -2.58. The van der Waals surface area contributed by atoms with E-state index in [0.29, 0.717) is 62.1 Å². The first-order valence-electron chi connectivity index (χ1n) is 19.7. The minimum Gasteiger partial charge on any atom is -0.497 e. The summed E-state index contributed by atoms with van der Waals surface area (Å²) in [5, 5.41) is 24.1. The molecule has 0 radical (unpaired) electrons. The van der Waals surface area contributed by atoms with Crippen LogP contribution in [0.1, 0.15) is 131 Å². The molecule has 9 rings (SSSR count). The lowest BCUT2D eigenvalue weighted by atomic mass is 9.49. The highest BCUT2D eigenvalue weighted by Crippen LogP contribution is 2.62. The van der Waals surface area contributed by atoms with Crippen molar-refractivity contribution in [1.29, 1.82) is 0 Å². The molecule has 0 spiro atoms. The van der Waals surface area contributed by atoms with Crippen molar-refractivity contribution in [3.63, 3.8) is 0 Å². The Bertz CT molecular complexity index is 1600. The largest absolute Gasteiger partial charge is 0.497 e. The van der Waals surface area contributed by atoms with Crippen molar-refractivity contribution in [3.05, 3.63) is 76.4 Å². The Hall–Kier alpha value is -3.16. The molecule has 0 unspecified atom stereocenters. The van der Waals surface area contributed by atoms with Crippen LogP contribution in [0.25, 0.3) is 0 Å². The summed E-state index contributed by atoms with van der Waals surface area (Å²) in [6.07, 6.45) is 13.6. The van der Waals surface area contributed by atoms with Gasteiger partial charge in [0.1, 0.15) is 5.75 Å². The molecule has 1 amide bonds. The number of fused-ring (bicyclic) bond motifs is 8. The third-order valence-corrected chi connectivity index (χ3v) is 13.9. The van der Waals surface area contributed by atoms with Gasteiger partial charge in [-0.1, -0.05) is 30.7 Å². The number of ether oxygens (including phenoxy) is 2. The van der Waals surface area contributed by atoms with Crippen molar-refractivity contribution < 1.29 is 29.3 Å². The van der Waals surface area contributed by atoms with E-state index in [9.17, 15) is 19.8 Å². The number of hydrogen-bond acceptors (Lipinski definition) is 6. The van der Waals surface area contributed by atoms with Crippen LogP contribution in [0.3, 0.4) is 0 Å². The van der Waals surface area contributed by atoms with Crippen LogP contribution in [-0.4, -0.2) is 65.5 Å². The van der Waals surface area contributed by atoms with Gasteiger partial charge in [-0.25, -0.2) is 4.79 Å². The van der Waals surface area contributed by atoms with Crippen molar-refractivity contribution in [2.24, 2.45) is 28.6 Å². The molecular formula is C44H59NO6. The van der Waals surface area contributed by atoms with Crippen LogP contribution in [0.4, 0.5) is 4.79 Å². The molecule has 0 aromatic heterocycles. The second-order valence-electron chi connectivity index (χ2n) is 17.5. The van der Waals surface area contributed by atoms with E-state index in [1.807, 2.05) is 42.2 Å². The number of methoxy groups -OCH3 is 1. The van der Waals surface area contributed by atoms with Gasteiger partial charge < -0.3 is 24.6 Å². The third kappa shape index (κ3) is 7.14. The Kier molecular flexibility index (Phi) is 10.2. The number of aliphatic hydroxyl groups excluding tert-OH is 1. The van der Waals surface area contributed by atoms with Crippen LogP contribution < -0.4 is 4.74 Å². The van der Waals surface area contributed by atoms with Gasteiger partial charge in [0.15, 0.2) is 5.78 Å². The average Bonchev–Trinajstić information content (AvgIpc) is 3.34. The maximum atomic E-state index is 14.4. The summed E-state index contributed by atoms with van der Waals surface area (Å²) in [6, 6.07) is 13.4. The van der Waals surface area contributed by atoms with Gasteiger partial charge in [-0.05, 0) is 168 Å². The van der Waals surface area contributed by atoms with Gasteiger partial charge in [-0.2, -0.15) is 0 Å². The number of benzene rings is 2. The first-order chi connectivity index (χ1) is 24.4. The van der Waals surface area contributed by atoms with E-state index < -0.39 is 17.1 Å². The summed E-state index contributed by atoms with van der Waals surface area (Å²) in [6.45, 7) is 7.37. The zero-order valence-corrected chi connectivity index (χ0v) is 31.3. The highest BCUT2D eigenvalue weighted by molar-refractivity contribution is 6.10. The smallest absolute Gasteiger partial charge is 0.409 e. The first kappa shape index (κ1) is 36.2. The number of carbonyl (C=O) groups is 2. The van der Waals surface area contributed by atoms with Gasteiger partial charge in [0, 0.05) is 23.1 Å². The van der Waals surface area contributed by atoms with Crippen LogP contribution in [-0.2, 0) is 11.2 Å². The molecule has 0 saturated heterocycles. The highest BCUT2D eigenvalue weighted by atomic mass is 16.6. The normalized spacial score (nSPS) is 34.4. The minimum atomic E-state index is -1.18. The lowest BCUT2D eigenvalue weighted by molar-refractivity contribution is -0.103. The van der Waals surface area contributed by atoms with E-state index in [1.54, 1.807) is 7.11 Å². The molecule has 276 valence electrons. The van der Waals surface area contributed by atoms with Crippen molar-refractivity contribution in [3.8, 4) is 5.75 Å². The van der Waals surface area contributed by atoms with E-state index in [4.69, 9.17) is 9.47 Å². The van der Waals surface area contributed by atoms with E-state index in [1.165, 1.54) is 44.1 Å². The molecule has 0 heterocycles. The first-order valence-corrected chi connectivity index (χ1v) is 19.7. The quantitative estimate of drug-likeness (QED) is 0.212. The molecule has 7 aliphatic rings. The molecule has 2 aromatic rings. The Morgan fingerprint density at radius 2 is 1.63 bits per heavy atom. The predicted molar refractivity (Wildman–Crippen MR) is 199 cm³/mol. The SMILES string of the molecule is CCOC(=O)N(CC12CC3CC(CC(C3)C1)C2)C[C@]1(O)CC[C@H]2c3ccc(cc3C(=O)c3ccc(OC)cc3)C[C@@H](O)CCC(C)=CCC[C@@]21C. The maximum absolute atomic E-state index is 14.4. The number of hydrogen-bond donors (Lipinski definition) is 2. The number of allylic oxidation sites excluding steroid dienone is 2.